The molecular weight excluding hydrogens is 76.1 g/mol. The molecule has 0 N–H and O–H groups in total. The molecule has 4 heavy (non-hydrogen) atoms. The minimum absolute atomic E-state index is 1.72. The molecule has 0 atom stereocenters. The molecule has 0 aromatic rings. The van der Waals surface area contributed by atoms with E-state index in [4.69, 9.17) is 14.4 Å². The maximum Gasteiger partial charge on any atom is 0.381 e. The monoisotopic (exact) mass is 76.0 g/mol. The highest BCUT2D eigenvalue weighted by Gasteiger charge is 0.803. The van der Waals surface area contributed by atoms with Crippen molar-refractivity contribution >= 4 is 10.1 Å². The second-order valence-electron chi connectivity index (χ2n) is 0. The molecule has 0 fully saturated rings. The Labute approximate surface area is 25.7 Å². The highest BCUT2D eigenvalue weighted by atomic mass is 28.1. The molecule has 0 rings (SSSR count). The van der Waals surface area contributed by atoms with Crippen LogP contribution >= 0.6 is 0 Å². The average Bonchev–Trinajstić information content (AvgIpc) is 1.50. The number of hydrogen-bond donors (Lipinski definition) is 0. The van der Waals surface area contributed by atoms with Gasteiger partial charge in [0.2, 0.25) is 0 Å². The second kappa shape index (κ2) is 46.6. The van der Waals surface area contributed by atoms with E-state index in [1.807, 2.05) is 0 Å². The summed E-state index contributed by atoms with van der Waals surface area (Å²) in [5.41, 5.74) is 0. The topological polar surface area (TPSA) is 51.2 Å². The molecule has 0 saturated heterocycles. The molecule has 3 nitrogen and oxygen atoms in total. The van der Waals surface area contributed by atoms with Crippen molar-refractivity contribution in [1.29, 1.82) is 0 Å². The van der Waals surface area contributed by atoms with E-state index in [1.165, 1.54) is 0 Å². The first kappa shape index (κ1) is 9.47. The second-order valence-corrected chi connectivity index (χ2v) is 0. The van der Waals surface area contributed by atoms with Crippen LogP contribution in [-0.4, -0.2) is 10.1 Å². The zero-order chi connectivity index (χ0) is 4.00. The van der Waals surface area contributed by atoms with Crippen LogP contribution in [0.5, 0.6) is 0 Å². The summed E-state index contributed by atoms with van der Waals surface area (Å²) in [6.07, 6.45) is 0. The predicted molar refractivity (Wildman–Crippen MR) is 13.2 cm³/mol. The van der Waals surface area contributed by atoms with Gasteiger partial charge in [-0.3, -0.25) is 0 Å². The van der Waals surface area contributed by atoms with Gasteiger partial charge in [0.05, 0.1) is 0 Å². The van der Waals surface area contributed by atoms with E-state index in [9.17, 15) is 0 Å². The standard InChI is InChI=1S/O2.OSi/c2*1-2. The highest BCUT2D eigenvalue weighted by molar-refractivity contribution is 5.85. The molecule has 4 heteroatoms. The number of rotatable bonds is 0. The first-order valence-electron chi connectivity index (χ1n) is 0.371. The molecule has 0 amide bonds. The van der Waals surface area contributed by atoms with Gasteiger partial charge in [0, 0.05) is 9.93 Å². The van der Waals surface area contributed by atoms with Crippen LogP contribution in [0.4, 0.5) is 0 Å². The first-order valence-corrected chi connectivity index (χ1v) is 0.779. The molecular formula is O3Si. The largest absolute Gasteiger partial charge is 0.381 e. The molecule has 0 aromatic carbocycles. The van der Waals surface area contributed by atoms with Crippen molar-refractivity contribution in [3.63, 3.8) is 0 Å². The van der Waals surface area contributed by atoms with E-state index in [-0.39, 0.29) is 0 Å². The Bertz CT molecular complexity index is 5.25. The van der Waals surface area contributed by atoms with Gasteiger partial charge in [-0.2, -0.15) is 0 Å². The lowest BCUT2D eigenvalue weighted by atomic mass is 15.3. The minimum Gasteiger partial charge on any atom is -0.381 e. The minimum atomic E-state index is 1.72. The summed E-state index contributed by atoms with van der Waals surface area (Å²) in [7, 11) is 1.72. The van der Waals surface area contributed by atoms with Crippen molar-refractivity contribution in [2.75, 3.05) is 0 Å². The smallest absolute Gasteiger partial charge is 0.381 e. The van der Waals surface area contributed by atoms with Crippen LogP contribution < -0.4 is 0 Å². The quantitative estimate of drug-likeness (QED) is 0.368. The fourth-order valence-electron chi connectivity index (χ4n) is 0. The molecule has 0 unspecified atom stereocenters. The van der Waals surface area contributed by atoms with E-state index in [2.05, 4.69) is 0 Å². The fraction of sp³-hybridized carbons (Fsp3) is 0. The van der Waals surface area contributed by atoms with Gasteiger partial charge >= 0.3 is 10.1 Å². The molecule has 0 spiro atoms. The normalized spacial score (nSPS) is 2.00. The molecule has 0 heterocycles. The van der Waals surface area contributed by atoms with Crippen molar-refractivity contribution in [2.24, 2.45) is 0 Å². The summed E-state index contributed by atoms with van der Waals surface area (Å²) >= 11 is 0. The van der Waals surface area contributed by atoms with E-state index in [1.54, 1.807) is 10.1 Å². The van der Waals surface area contributed by atoms with Gasteiger partial charge in [0.25, 0.3) is 0 Å². The van der Waals surface area contributed by atoms with Gasteiger partial charge in [0.1, 0.15) is 0 Å². The Balaban J connectivity index is 0. The number of hydrogen-bond acceptors (Lipinski definition) is 3. The maximum atomic E-state index is 8.06. The first-order chi connectivity index (χ1) is 2.00. The van der Waals surface area contributed by atoms with Gasteiger partial charge in [-0.1, -0.05) is 0 Å². The van der Waals surface area contributed by atoms with E-state index < -0.39 is 0 Å². The van der Waals surface area contributed by atoms with Crippen LogP contribution in [0, 0.1) is 9.93 Å². The molecule has 22 valence electrons. The van der Waals surface area contributed by atoms with Crippen molar-refractivity contribution in [3.8, 4) is 0 Å². The lowest BCUT2D eigenvalue weighted by molar-refractivity contribution is 0.590. The molecule has 0 aromatic heterocycles. The molecule has 0 aliphatic heterocycles. The summed E-state index contributed by atoms with van der Waals surface area (Å²) in [6, 6.07) is 0. The zero-order valence-corrected chi connectivity index (χ0v) is 2.72. The van der Waals surface area contributed by atoms with E-state index in [0.29, 0.717) is 0 Å². The van der Waals surface area contributed by atoms with Crippen molar-refractivity contribution in [1.82, 2.24) is 0 Å². The maximum absolute atomic E-state index is 8.06. The van der Waals surface area contributed by atoms with Gasteiger partial charge in [0.15, 0.2) is 0 Å². The lowest BCUT2D eigenvalue weighted by Crippen LogP contribution is -0.969. The Kier molecular flexibility index (Phi) is 110. The van der Waals surface area contributed by atoms with Crippen LogP contribution in [0.2, 0.25) is 0 Å². The van der Waals surface area contributed by atoms with Crippen molar-refractivity contribution in [3.05, 3.63) is 9.93 Å². The third kappa shape index (κ3) is 4.19. The van der Waals surface area contributed by atoms with Gasteiger partial charge in [-0.25, -0.2) is 0 Å². The molecule has 0 aliphatic carbocycles. The third-order valence-corrected chi connectivity index (χ3v) is 0. The van der Waals surface area contributed by atoms with Gasteiger partial charge in [-0.15, -0.1) is 0 Å². The van der Waals surface area contributed by atoms with E-state index >= 15 is 0 Å². The summed E-state index contributed by atoms with van der Waals surface area (Å²) in [5.74, 6) is 0. The SMILES string of the molecule is O=O.O=[Si]. The Morgan fingerprint density at radius 3 is 1.00 bits per heavy atom. The fourth-order valence-corrected chi connectivity index (χ4v) is 0. The molecule has 2 radical (unpaired) electrons. The highest BCUT2D eigenvalue weighted by Crippen LogP contribution is 0.741. The summed E-state index contributed by atoms with van der Waals surface area (Å²) in [5, 5.41) is 0. The van der Waals surface area contributed by atoms with Crippen LogP contribution in [0.15, 0.2) is 0 Å². The molecule has 0 bridgehead atoms. The van der Waals surface area contributed by atoms with Crippen LogP contribution in [-0.2, 0) is 4.46 Å². The zero-order valence-electron chi connectivity index (χ0n) is 1.72. The molecule has 0 aliphatic rings. The average molecular weight is 76.1 g/mol. The lowest BCUT2D eigenvalue weighted by Gasteiger charge is -0.803. The molecule has 0 saturated carbocycles. The van der Waals surface area contributed by atoms with Crippen LogP contribution in [0.1, 0.15) is 0 Å². The van der Waals surface area contributed by atoms with Crippen molar-refractivity contribution in [2.45, 2.75) is 0 Å². The van der Waals surface area contributed by atoms with Crippen LogP contribution in [0.25, 0.3) is 0 Å². The van der Waals surface area contributed by atoms with Crippen LogP contribution in [0.3, 0.4) is 0 Å². The van der Waals surface area contributed by atoms with E-state index in [0.717, 1.165) is 0 Å². The summed E-state index contributed by atoms with van der Waals surface area (Å²) < 4.78 is 8.06. The Morgan fingerprint density at radius 2 is 1.00 bits per heavy atom. The van der Waals surface area contributed by atoms with Gasteiger partial charge < -0.3 is 4.46 Å². The predicted octanol–water partition coefficient (Wildman–Crippen LogP) is -0.433. The summed E-state index contributed by atoms with van der Waals surface area (Å²) in [4.78, 5) is 14.0. The third-order valence-electron chi connectivity index (χ3n) is 0. The van der Waals surface area contributed by atoms with Gasteiger partial charge in [-0.05, 0) is 0 Å². The Hall–Kier alpha value is -0.383. The Morgan fingerprint density at radius 1 is 1.00 bits per heavy atom. The summed E-state index contributed by atoms with van der Waals surface area (Å²) in [6.45, 7) is 0. The van der Waals surface area contributed by atoms with Crippen molar-refractivity contribution < 1.29 is 4.46 Å².